The maximum Gasteiger partial charge on any atom is -0.000728 e. The molecule has 0 fully saturated rings. The van der Waals surface area contributed by atoms with E-state index in [2.05, 4.69) is 133 Å². The first-order valence-corrected chi connectivity index (χ1v) is 11.5. The molecule has 0 amide bonds. The Morgan fingerprint density at radius 2 is 0.818 bits per heavy atom. The lowest BCUT2D eigenvalue weighted by atomic mass is 9.85. The van der Waals surface area contributed by atoms with Crippen molar-refractivity contribution in [3.63, 3.8) is 0 Å². The van der Waals surface area contributed by atoms with Crippen LogP contribution in [-0.4, -0.2) is 0 Å². The van der Waals surface area contributed by atoms with Gasteiger partial charge in [-0.25, -0.2) is 0 Å². The summed E-state index contributed by atoms with van der Waals surface area (Å²) < 4.78 is 0. The smallest absolute Gasteiger partial charge is 0.000728 e. The van der Waals surface area contributed by atoms with Crippen LogP contribution in [0.4, 0.5) is 0 Å². The van der Waals surface area contributed by atoms with E-state index in [9.17, 15) is 0 Å². The van der Waals surface area contributed by atoms with Gasteiger partial charge in [-0.05, 0) is 61.3 Å². The van der Waals surface area contributed by atoms with Crippen LogP contribution < -0.4 is 0 Å². The van der Waals surface area contributed by atoms with Gasteiger partial charge in [-0.3, -0.25) is 0 Å². The lowest BCUT2D eigenvalue weighted by Crippen LogP contribution is -1.97. The van der Waals surface area contributed by atoms with Crippen molar-refractivity contribution in [2.45, 2.75) is 6.42 Å². The predicted molar refractivity (Wildman–Crippen MR) is 142 cm³/mol. The minimum Gasteiger partial charge on any atom is -0.0622 e. The summed E-state index contributed by atoms with van der Waals surface area (Å²) in [6.45, 7) is 0. The van der Waals surface area contributed by atoms with Crippen molar-refractivity contribution in [1.82, 2.24) is 0 Å². The van der Waals surface area contributed by atoms with E-state index in [1.807, 2.05) is 0 Å². The molecule has 0 heteroatoms. The maximum absolute atomic E-state index is 2.29. The second-order valence-electron chi connectivity index (χ2n) is 8.51. The van der Waals surface area contributed by atoms with E-state index in [0.717, 1.165) is 6.42 Å². The average molecular weight is 421 g/mol. The molecule has 0 aliphatic carbocycles. The number of benzene rings is 6. The highest BCUT2D eigenvalue weighted by atomic mass is 14.2. The van der Waals surface area contributed by atoms with Crippen molar-refractivity contribution in [2.75, 3.05) is 0 Å². The molecule has 0 aliphatic heterocycles. The van der Waals surface area contributed by atoms with Crippen molar-refractivity contribution in [3.8, 4) is 22.3 Å². The molecule has 0 aliphatic rings. The van der Waals surface area contributed by atoms with Gasteiger partial charge in [0.2, 0.25) is 0 Å². The average Bonchev–Trinajstić information content (AvgIpc) is 2.90. The second-order valence-corrected chi connectivity index (χ2v) is 8.51. The Morgan fingerprint density at radius 3 is 1.42 bits per heavy atom. The topological polar surface area (TPSA) is 0 Å². The van der Waals surface area contributed by atoms with Crippen LogP contribution in [0, 0.1) is 0 Å². The normalized spacial score (nSPS) is 11.2. The lowest BCUT2D eigenvalue weighted by molar-refractivity contribution is 1.23. The molecule has 156 valence electrons. The molecular weight excluding hydrogens is 396 g/mol. The van der Waals surface area contributed by atoms with E-state index >= 15 is 0 Å². The summed E-state index contributed by atoms with van der Waals surface area (Å²) in [6, 6.07) is 48.1. The molecule has 0 atom stereocenters. The van der Waals surface area contributed by atoms with Crippen LogP contribution >= 0.6 is 0 Å². The van der Waals surface area contributed by atoms with E-state index in [1.54, 1.807) is 0 Å². The summed E-state index contributed by atoms with van der Waals surface area (Å²) in [5, 5.41) is 5.29. The Kier molecular flexibility index (Phi) is 4.97. The van der Waals surface area contributed by atoms with Crippen molar-refractivity contribution in [2.24, 2.45) is 0 Å². The minimum atomic E-state index is 0.890. The third kappa shape index (κ3) is 3.50. The summed E-state index contributed by atoms with van der Waals surface area (Å²) in [7, 11) is 0. The monoisotopic (exact) mass is 420 g/mol. The fourth-order valence-corrected chi connectivity index (χ4v) is 5.09. The molecule has 0 nitrogen and oxygen atoms in total. The molecule has 33 heavy (non-hydrogen) atoms. The first-order valence-electron chi connectivity index (χ1n) is 11.5. The Balaban J connectivity index is 1.63. The lowest BCUT2D eigenvalue weighted by Gasteiger charge is -2.18. The number of rotatable bonds is 4. The largest absolute Gasteiger partial charge is 0.0622 e. The van der Waals surface area contributed by atoms with E-state index in [4.69, 9.17) is 0 Å². The second kappa shape index (κ2) is 8.41. The van der Waals surface area contributed by atoms with Gasteiger partial charge in [0.1, 0.15) is 0 Å². The van der Waals surface area contributed by atoms with E-state index in [0.29, 0.717) is 0 Å². The highest BCUT2D eigenvalue weighted by Crippen LogP contribution is 2.40. The molecular formula is C33H24. The van der Waals surface area contributed by atoms with Crippen LogP contribution in [0.5, 0.6) is 0 Å². The molecule has 6 rings (SSSR count). The Hall–Kier alpha value is -4.16. The number of hydrogen-bond donors (Lipinski definition) is 0. The Morgan fingerprint density at radius 1 is 0.364 bits per heavy atom. The van der Waals surface area contributed by atoms with Crippen LogP contribution in [0.25, 0.3) is 43.8 Å². The van der Waals surface area contributed by atoms with Gasteiger partial charge in [0, 0.05) is 0 Å². The summed E-state index contributed by atoms with van der Waals surface area (Å²) >= 11 is 0. The zero-order valence-corrected chi connectivity index (χ0v) is 18.4. The molecule has 0 saturated heterocycles. The molecule has 0 aromatic heterocycles. The summed E-state index contributed by atoms with van der Waals surface area (Å²) in [5.41, 5.74) is 7.90. The summed E-state index contributed by atoms with van der Waals surface area (Å²) in [4.78, 5) is 0. The Bertz CT molecular complexity index is 1500. The van der Waals surface area contributed by atoms with E-state index in [1.165, 1.54) is 54.9 Å². The van der Waals surface area contributed by atoms with Gasteiger partial charge in [-0.1, -0.05) is 133 Å². The zero-order valence-electron chi connectivity index (χ0n) is 18.4. The van der Waals surface area contributed by atoms with Crippen molar-refractivity contribution < 1.29 is 0 Å². The fourth-order valence-electron chi connectivity index (χ4n) is 5.09. The molecule has 6 aromatic rings. The van der Waals surface area contributed by atoms with Crippen LogP contribution in [0.2, 0.25) is 0 Å². The van der Waals surface area contributed by atoms with Gasteiger partial charge in [-0.15, -0.1) is 0 Å². The summed E-state index contributed by atoms with van der Waals surface area (Å²) in [5.74, 6) is 0. The van der Waals surface area contributed by atoms with Crippen LogP contribution in [0.3, 0.4) is 0 Å². The molecule has 0 saturated carbocycles. The quantitative estimate of drug-likeness (QED) is 0.250. The highest BCUT2D eigenvalue weighted by Gasteiger charge is 2.16. The van der Waals surface area contributed by atoms with Crippen molar-refractivity contribution in [1.29, 1.82) is 0 Å². The molecule has 0 N–H and O–H groups in total. The Labute approximate surface area is 194 Å². The molecule has 0 unspecified atom stereocenters. The fraction of sp³-hybridized carbons (Fsp3) is 0.0303. The minimum absolute atomic E-state index is 0.890. The summed E-state index contributed by atoms with van der Waals surface area (Å²) in [6.07, 6.45) is 0.890. The maximum atomic E-state index is 2.29. The third-order valence-corrected chi connectivity index (χ3v) is 6.57. The predicted octanol–water partition coefficient (Wildman–Crippen LogP) is 8.92. The van der Waals surface area contributed by atoms with E-state index in [-0.39, 0.29) is 0 Å². The molecule has 6 aromatic carbocycles. The van der Waals surface area contributed by atoms with Gasteiger partial charge >= 0.3 is 0 Å². The standard InChI is InChI=1S/C33H24/c1-3-13-24(14-4-1)27-18-8-7-17-26(27)23-32-28-19-9-11-21-30(28)33(25-15-5-2-6-16-25)31-22-12-10-20-29(31)32/h1-22H,23H2. The molecule has 0 spiro atoms. The van der Waals surface area contributed by atoms with Gasteiger partial charge in [0.15, 0.2) is 0 Å². The van der Waals surface area contributed by atoms with Crippen LogP contribution in [-0.2, 0) is 6.42 Å². The zero-order chi connectivity index (χ0) is 22.0. The van der Waals surface area contributed by atoms with Gasteiger partial charge in [0.25, 0.3) is 0 Å². The SMILES string of the molecule is c1ccc(-c2ccccc2Cc2c3ccccc3c(-c3ccccc3)c3ccccc23)cc1. The van der Waals surface area contributed by atoms with Crippen LogP contribution in [0.15, 0.2) is 133 Å². The van der Waals surface area contributed by atoms with Gasteiger partial charge < -0.3 is 0 Å². The van der Waals surface area contributed by atoms with Gasteiger partial charge in [-0.2, -0.15) is 0 Å². The van der Waals surface area contributed by atoms with Crippen molar-refractivity contribution >= 4 is 21.5 Å². The number of hydrogen-bond acceptors (Lipinski definition) is 0. The van der Waals surface area contributed by atoms with Gasteiger partial charge in [0.05, 0.1) is 0 Å². The third-order valence-electron chi connectivity index (χ3n) is 6.57. The first-order chi connectivity index (χ1) is 16.4. The van der Waals surface area contributed by atoms with E-state index < -0.39 is 0 Å². The molecule has 0 bridgehead atoms. The van der Waals surface area contributed by atoms with Crippen LogP contribution in [0.1, 0.15) is 11.1 Å². The highest BCUT2D eigenvalue weighted by molar-refractivity contribution is 6.15. The first kappa shape index (κ1) is 19.5. The molecule has 0 heterocycles. The number of fused-ring (bicyclic) bond motifs is 2. The molecule has 0 radical (unpaired) electrons. The van der Waals surface area contributed by atoms with Crippen molar-refractivity contribution in [3.05, 3.63) is 145 Å².